The molecule has 0 radical (unpaired) electrons. The highest BCUT2D eigenvalue weighted by atomic mass is 19.2. The minimum atomic E-state index is -0.815. The Morgan fingerprint density at radius 1 is 1.04 bits per heavy atom. The summed E-state index contributed by atoms with van der Waals surface area (Å²) in [5.41, 5.74) is 2.97. The zero-order valence-corrected chi connectivity index (χ0v) is 13.8. The molecule has 2 aromatic carbocycles. The van der Waals surface area contributed by atoms with Gasteiger partial charge in [0.2, 0.25) is 0 Å². The first-order valence-electron chi connectivity index (χ1n) is 8.09. The van der Waals surface area contributed by atoms with E-state index >= 15 is 0 Å². The Balaban J connectivity index is 2.02. The fraction of sp³-hybridized carbons (Fsp3) is 0.300. The van der Waals surface area contributed by atoms with Crippen molar-refractivity contribution in [2.24, 2.45) is 0 Å². The Morgan fingerprint density at radius 3 is 2.54 bits per heavy atom. The van der Waals surface area contributed by atoms with Gasteiger partial charge in [-0.25, -0.2) is 13.2 Å². The molecule has 1 aliphatic rings. The van der Waals surface area contributed by atoms with Gasteiger partial charge in [-0.3, -0.25) is 0 Å². The molecule has 0 N–H and O–H groups in total. The maximum Gasteiger partial charge on any atom is 0.166 e. The average molecular weight is 332 g/mol. The average Bonchev–Trinajstić information content (AvgIpc) is 2.58. The van der Waals surface area contributed by atoms with Crippen LogP contribution in [0.2, 0.25) is 0 Å². The molecule has 4 heteroatoms. The maximum absolute atomic E-state index is 14.4. The molecule has 0 amide bonds. The van der Waals surface area contributed by atoms with Gasteiger partial charge < -0.3 is 4.74 Å². The predicted molar refractivity (Wildman–Crippen MR) is 89.5 cm³/mol. The van der Waals surface area contributed by atoms with Gasteiger partial charge in [-0.2, -0.15) is 0 Å². The highest BCUT2D eigenvalue weighted by Crippen LogP contribution is 2.35. The molecule has 0 aromatic heterocycles. The molecular weight excluding hydrogens is 313 g/mol. The lowest BCUT2D eigenvalue weighted by Crippen LogP contribution is -2.05. The summed E-state index contributed by atoms with van der Waals surface area (Å²) < 4.78 is 47.5. The topological polar surface area (TPSA) is 9.23 Å². The van der Waals surface area contributed by atoms with Crippen LogP contribution in [0.4, 0.5) is 13.2 Å². The summed E-state index contributed by atoms with van der Waals surface area (Å²) in [6, 6.07) is 6.31. The van der Waals surface area contributed by atoms with Gasteiger partial charge in [0.05, 0.1) is 7.11 Å². The van der Waals surface area contributed by atoms with Gasteiger partial charge in [0.1, 0.15) is 0 Å². The number of hydrogen-bond acceptors (Lipinski definition) is 1. The van der Waals surface area contributed by atoms with Crippen molar-refractivity contribution in [2.75, 3.05) is 7.11 Å². The summed E-state index contributed by atoms with van der Waals surface area (Å²) in [5.74, 6) is -1.85. The molecule has 0 bridgehead atoms. The van der Waals surface area contributed by atoms with Crippen molar-refractivity contribution in [3.8, 4) is 5.75 Å². The van der Waals surface area contributed by atoms with Gasteiger partial charge in [0, 0.05) is 5.56 Å². The Hall–Kier alpha value is -2.23. The maximum atomic E-state index is 14.4. The number of benzene rings is 2. The van der Waals surface area contributed by atoms with Gasteiger partial charge in [-0.15, -0.1) is 0 Å². The molecule has 126 valence electrons. The van der Waals surface area contributed by atoms with E-state index in [9.17, 15) is 13.2 Å². The summed E-state index contributed by atoms with van der Waals surface area (Å²) in [5, 5.41) is 0. The summed E-state index contributed by atoms with van der Waals surface area (Å²) in [6.07, 6.45) is 4.21. The molecule has 0 saturated heterocycles. The predicted octanol–water partition coefficient (Wildman–Crippen LogP) is 5.55. The number of rotatable bonds is 4. The van der Waals surface area contributed by atoms with E-state index in [0.29, 0.717) is 36.0 Å². The van der Waals surface area contributed by atoms with Gasteiger partial charge in [0.25, 0.3) is 0 Å². The highest BCUT2D eigenvalue weighted by molar-refractivity contribution is 5.85. The Morgan fingerprint density at radius 2 is 1.83 bits per heavy atom. The van der Waals surface area contributed by atoms with Gasteiger partial charge >= 0.3 is 0 Å². The molecular formula is C20H19F3O. The molecule has 0 atom stereocenters. The SMILES string of the molecule is CCCc1ccc(C2=Cc3cc(F)c(OC)cc3CC2)c(F)c1F. The summed E-state index contributed by atoms with van der Waals surface area (Å²) >= 11 is 0. The van der Waals surface area contributed by atoms with Gasteiger partial charge in [0.15, 0.2) is 23.2 Å². The number of halogens is 3. The van der Waals surface area contributed by atoms with Crippen molar-refractivity contribution in [3.05, 3.63) is 64.0 Å². The normalized spacial score (nSPS) is 13.5. The molecule has 2 aromatic rings. The fourth-order valence-corrected chi connectivity index (χ4v) is 3.16. The third kappa shape index (κ3) is 2.93. The monoisotopic (exact) mass is 332 g/mol. The van der Waals surface area contributed by atoms with Crippen LogP contribution in [-0.4, -0.2) is 7.11 Å². The van der Waals surface area contributed by atoms with E-state index in [2.05, 4.69) is 0 Å². The molecule has 1 aliphatic carbocycles. The molecule has 3 rings (SSSR count). The summed E-state index contributed by atoms with van der Waals surface area (Å²) in [6.45, 7) is 1.93. The lowest BCUT2D eigenvalue weighted by Gasteiger charge is -2.19. The third-order valence-corrected chi connectivity index (χ3v) is 4.43. The number of ether oxygens (including phenoxy) is 1. The van der Waals surface area contributed by atoms with E-state index < -0.39 is 17.5 Å². The van der Waals surface area contributed by atoms with E-state index in [1.54, 1.807) is 24.3 Å². The van der Waals surface area contributed by atoms with Crippen LogP contribution in [0.15, 0.2) is 24.3 Å². The van der Waals surface area contributed by atoms with E-state index in [1.165, 1.54) is 13.2 Å². The van der Waals surface area contributed by atoms with E-state index in [1.807, 2.05) is 6.92 Å². The van der Waals surface area contributed by atoms with Crippen molar-refractivity contribution in [1.29, 1.82) is 0 Å². The second kappa shape index (κ2) is 6.71. The molecule has 0 aliphatic heterocycles. The molecule has 0 unspecified atom stereocenters. The molecule has 0 spiro atoms. The first kappa shape index (κ1) is 16.6. The van der Waals surface area contributed by atoms with Crippen molar-refractivity contribution >= 4 is 11.6 Å². The van der Waals surface area contributed by atoms with E-state index in [4.69, 9.17) is 4.74 Å². The number of fused-ring (bicyclic) bond motifs is 1. The zero-order valence-electron chi connectivity index (χ0n) is 13.8. The van der Waals surface area contributed by atoms with Crippen LogP contribution in [0, 0.1) is 17.5 Å². The van der Waals surface area contributed by atoms with Crippen molar-refractivity contribution in [2.45, 2.75) is 32.6 Å². The van der Waals surface area contributed by atoms with Gasteiger partial charge in [-0.1, -0.05) is 31.6 Å². The first-order chi connectivity index (χ1) is 11.5. The largest absolute Gasteiger partial charge is 0.494 e. The lowest BCUT2D eigenvalue weighted by molar-refractivity contribution is 0.386. The van der Waals surface area contributed by atoms with Crippen LogP contribution < -0.4 is 4.74 Å². The van der Waals surface area contributed by atoms with Crippen LogP contribution >= 0.6 is 0 Å². The van der Waals surface area contributed by atoms with Crippen LogP contribution in [0.5, 0.6) is 5.75 Å². The minimum Gasteiger partial charge on any atom is -0.494 e. The fourth-order valence-electron chi connectivity index (χ4n) is 3.16. The Labute approximate surface area is 139 Å². The van der Waals surface area contributed by atoms with Crippen molar-refractivity contribution in [1.82, 2.24) is 0 Å². The zero-order chi connectivity index (χ0) is 17.3. The number of methoxy groups -OCH3 is 1. The smallest absolute Gasteiger partial charge is 0.166 e. The molecule has 0 saturated carbocycles. The molecule has 0 heterocycles. The highest BCUT2D eigenvalue weighted by Gasteiger charge is 2.20. The summed E-state index contributed by atoms with van der Waals surface area (Å²) in [4.78, 5) is 0. The summed E-state index contributed by atoms with van der Waals surface area (Å²) in [7, 11) is 1.42. The molecule has 0 fully saturated rings. The molecule has 1 nitrogen and oxygen atoms in total. The number of hydrogen-bond donors (Lipinski definition) is 0. The van der Waals surface area contributed by atoms with Crippen LogP contribution in [-0.2, 0) is 12.8 Å². The number of allylic oxidation sites excluding steroid dienone is 1. The Bertz CT molecular complexity index is 809. The van der Waals surface area contributed by atoms with E-state index in [0.717, 1.165) is 12.0 Å². The van der Waals surface area contributed by atoms with Crippen LogP contribution in [0.3, 0.4) is 0 Å². The van der Waals surface area contributed by atoms with Gasteiger partial charge in [-0.05, 0) is 53.7 Å². The third-order valence-electron chi connectivity index (χ3n) is 4.43. The van der Waals surface area contributed by atoms with Crippen molar-refractivity contribution < 1.29 is 17.9 Å². The standard InChI is InChI=1S/C20H19F3O/c1-3-4-12-7-8-16(20(23)19(12)22)14-6-5-13-11-18(24-2)17(21)10-15(13)9-14/h7-11H,3-6H2,1-2H3. The first-order valence-corrected chi connectivity index (χ1v) is 8.09. The van der Waals surface area contributed by atoms with Crippen LogP contribution in [0.1, 0.15) is 42.0 Å². The lowest BCUT2D eigenvalue weighted by atomic mass is 9.87. The Kier molecular flexibility index (Phi) is 4.65. The quantitative estimate of drug-likeness (QED) is 0.713. The minimum absolute atomic E-state index is 0.201. The van der Waals surface area contributed by atoms with Crippen molar-refractivity contribution in [3.63, 3.8) is 0 Å². The second-order valence-corrected chi connectivity index (χ2v) is 6.01. The van der Waals surface area contributed by atoms with E-state index in [-0.39, 0.29) is 11.3 Å². The second-order valence-electron chi connectivity index (χ2n) is 6.01. The number of aryl methyl sites for hydroxylation is 2. The van der Waals surface area contributed by atoms with Crippen LogP contribution in [0.25, 0.3) is 11.6 Å². The molecule has 24 heavy (non-hydrogen) atoms.